The molecule has 43 heavy (non-hydrogen) atoms. The van der Waals surface area contributed by atoms with Crippen molar-refractivity contribution in [3.05, 3.63) is 71.8 Å². The molecule has 0 aromatic heterocycles. The second-order valence-corrected chi connectivity index (χ2v) is 14.3. The number of ether oxygens (including phenoxy) is 2. The summed E-state index contributed by atoms with van der Waals surface area (Å²) in [6.45, 7) is 8.12. The second kappa shape index (κ2) is 10.2. The van der Waals surface area contributed by atoms with Gasteiger partial charge in [-0.3, -0.25) is 14.4 Å². The molecular weight excluding hydrogens is 538 g/mol. The van der Waals surface area contributed by atoms with Crippen molar-refractivity contribution in [2.24, 2.45) is 34.5 Å². The van der Waals surface area contributed by atoms with E-state index in [2.05, 4.69) is 49.3 Å². The Labute approximate surface area is 255 Å². The lowest BCUT2D eigenvalue weighted by Gasteiger charge is -2.59. The first-order valence-corrected chi connectivity index (χ1v) is 16.2. The molecule has 6 heteroatoms. The van der Waals surface area contributed by atoms with Crippen LogP contribution in [0.25, 0.3) is 0 Å². The lowest BCUT2D eigenvalue weighted by molar-refractivity contribution is -0.171. The molecule has 0 N–H and O–H groups in total. The number of carbonyl (C=O) groups is 2. The topological polar surface area (TPSA) is 65.1 Å². The maximum absolute atomic E-state index is 14.1. The molecule has 2 aromatic carbocycles. The van der Waals surface area contributed by atoms with E-state index >= 15 is 0 Å². The number of hydroxylamine groups is 1. The van der Waals surface area contributed by atoms with Gasteiger partial charge in [0.2, 0.25) is 0 Å². The maximum atomic E-state index is 14.1. The van der Waals surface area contributed by atoms with Crippen molar-refractivity contribution >= 4 is 17.4 Å². The number of Topliss-reactive ketones (excluding diaryl/α,β-unsaturated/α-hetero) is 1. The number of allylic oxidation sites excluding steroid dienone is 1. The van der Waals surface area contributed by atoms with E-state index in [0.717, 1.165) is 61.9 Å². The lowest BCUT2D eigenvalue weighted by atomic mass is 9.46. The van der Waals surface area contributed by atoms with Crippen molar-refractivity contribution < 1.29 is 23.9 Å². The number of para-hydroxylation sites is 1. The van der Waals surface area contributed by atoms with Crippen LogP contribution in [0, 0.1) is 34.5 Å². The molecule has 6 nitrogen and oxygen atoms in total. The fourth-order valence-electron chi connectivity index (χ4n) is 10.6. The van der Waals surface area contributed by atoms with Crippen LogP contribution in [0.5, 0.6) is 5.75 Å². The number of benzene rings is 2. The number of fused-ring (bicyclic) bond motifs is 7. The Kier molecular flexibility index (Phi) is 6.81. The third-order valence-corrected chi connectivity index (χ3v) is 12.5. The smallest absolute Gasteiger partial charge is 0.302 e. The van der Waals surface area contributed by atoms with Gasteiger partial charge in [0.05, 0.1) is 18.8 Å². The second-order valence-electron chi connectivity index (χ2n) is 14.3. The Morgan fingerprint density at radius 1 is 0.930 bits per heavy atom. The number of anilines is 1. The number of ketones is 1. The van der Waals surface area contributed by atoms with E-state index in [9.17, 15) is 9.59 Å². The number of methoxy groups -OCH3 is 1. The Hall–Kier alpha value is -3.12. The Morgan fingerprint density at radius 2 is 1.67 bits per heavy atom. The lowest BCUT2D eigenvalue weighted by Crippen LogP contribution is -2.58. The molecule has 228 valence electrons. The van der Waals surface area contributed by atoms with Crippen molar-refractivity contribution in [2.45, 2.75) is 90.4 Å². The van der Waals surface area contributed by atoms with Gasteiger partial charge in [0.1, 0.15) is 11.9 Å². The molecule has 0 bridgehead atoms. The van der Waals surface area contributed by atoms with E-state index in [1.54, 1.807) is 14.0 Å². The Balaban J connectivity index is 1.28. The molecule has 0 amide bonds. The molecule has 3 saturated carbocycles. The Morgan fingerprint density at radius 3 is 2.35 bits per heavy atom. The van der Waals surface area contributed by atoms with Crippen LogP contribution in [0.3, 0.4) is 0 Å². The average molecular weight is 584 g/mol. The minimum Gasteiger partial charge on any atom is -0.497 e. The standard InChI is InChI=1S/C37H45NO5/c1-23(39)37-33(34(25-11-14-28(41-5)15-12-25)38(43-37)27-9-7-6-8-10-27)22-32-30-16-13-26-21-29(42-24(2)40)17-19-35(26,3)31(30)18-20-36(32,37)4/h6-15,29-34H,16-22H2,1-5H3/t29-,30+,31-,32-,33-,34-,35-,36-,37+/m0/s1. The van der Waals surface area contributed by atoms with E-state index in [4.69, 9.17) is 14.3 Å². The number of esters is 1. The van der Waals surface area contributed by atoms with Gasteiger partial charge >= 0.3 is 5.97 Å². The number of nitrogens with zero attached hydrogens (tertiary/aromatic N) is 1. The van der Waals surface area contributed by atoms with Gasteiger partial charge < -0.3 is 9.47 Å². The summed E-state index contributed by atoms with van der Waals surface area (Å²) in [7, 11) is 1.69. The number of carbonyl (C=O) groups excluding carboxylic acids is 2. The van der Waals surface area contributed by atoms with Crippen molar-refractivity contribution in [3.8, 4) is 5.75 Å². The van der Waals surface area contributed by atoms with E-state index in [-0.39, 0.29) is 40.6 Å². The predicted molar refractivity (Wildman–Crippen MR) is 165 cm³/mol. The highest BCUT2D eigenvalue weighted by Gasteiger charge is 2.75. The van der Waals surface area contributed by atoms with E-state index < -0.39 is 5.60 Å². The van der Waals surface area contributed by atoms with Gasteiger partial charge in [-0.25, -0.2) is 5.06 Å². The number of hydrogen-bond acceptors (Lipinski definition) is 6. The van der Waals surface area contributed by atoms with Gasteiger partial charge in [0.25, 0.3) is 0 Å². The highest BCUT2D eigenvalue weighted by Crippen LogP contribution is 2.73. The molecule has 1 aliphatic heterocycles. The summed E-state index contributed by atoms with van der Waals surface area (Å²) >= 11 is 0. The normalized spacial score (nSPS) is 39.6. The highest BCUT2D eigenvalue weighted by atomic mass is 16.7. The molecule has 5 aliphatic rings. The van der Waals surface area contributed by atoms with Crippen LogP contribution in [0.1, 0.15) is 84.2 Å². The Bertz CT molecular complexity index is 1440. The molecule has 4 aliphatic carbocycles. The molecule has 0 radical (unpaired) electrons. The first-order valence-electron chi connectivity index (χ1n) is 16.2. The molecule has 4 fully saturated rings. The molecular formula is C37H45NO5. The third-order valence-electron chi connectivity index (χ3n) is 12.5. The average Bonchev–Trinajstić information content (AvgIpc) is 3.48. The molecule has 0 spiro atoms. The van der Waals surface area contributed by atoms with E-state index in [1.807, 2.05) is 30.3 Å². The maximum Gasteiger partial charge on any atom is 0.302 e. The minimum atomic E-state index is -0.888. The van der Waals surface area contributed by atoms with Crippen LogP contribution in [0.4, 0.5) is 5.69 Å². The summed E-state index contributed by atoms with van der Waals surface area (Å²) in [6, 6.07) is 18.5. The number of rotatable bonds is 5. The van der Waals surface area contributed by atoms with Crippen LogP contribution in [-0.2, 0) is 19.2 Å². The molecule has 9 atom stereocenters. The van der Waals surface area contributed by atoms with Crippen LogP contribution in [0.2, 0.25) is 0 Å². The fourth-order valence-corrected chi connectivity index (χ4v) is 10.6. The van der Waals surface area contributed by atoms with Crippen molar-refractivity contribution in [1.82, 2.24) is 0 Å². The van der Waals surface area contributed by atoms with Crippen LogP contribution < -0.4 is 9.80 Å². The van der Waals surface area contributed by atoms with Crippen molar-refractivity contribution in [3.63, 3.8) is 0 Å². The zero-order valence-corrected chi connectivity index (χ0v) is 26.2. The van der Waals surface area contributed by atoms with Gasteiger partial charge in [-0.15, -0.1) is 0 Å². The minimum absolute atomic E-state index is 0.00308. The van der Waals surface area contributed by atoms with Crippen LogP contribution in [-0.4, -0.2) is 30.6 Å². The summed E-state index contributed by atoms with van der Waals surface area (Å²) in [6.07, 6.45) is 9.37. The van der Waals surface area contributed by atoms with Gasteiger partial charge in [-0.05, 0) is 98.4 Å². The zero-order valence-electron chi connectivity index (χ0n) is 26.2. The molecule has 1 saturated heterocycles. The van der Waals surface area contributed by atoms with Gasteiger partial charge in [0.15, 0.2) is 11.4 Å². The first-order chi connectivity index (χ1) is 20.6. The summed E-state index contributed by atoms with van der Waals surface area (Å²) in [4.78, 5) is 33.0. The SMILES string of the molecule is COc1ccc([C@H]2[C@@H]3C[C@H]4[C@@H]5CC=C6C[C@@H](OC(C)=O)CC[C@]6(C)[C@H]5CC[C@]4(C)[C@]3(C(C)=O)ON2c2ccccc2)cc1. The quantitative estimate of drug-likeness (QED) is 0.266. The van der Waals surface area contributed by atoms with E-state index in [1.165, 1.54) is 12.5 Å². The predicted octanol–water partition coefficient (Wildman–Crippen LogP) is 7.64. The van der Waals surface area contributed by atoms with Crippen molar-refractivity contribution in [2.75, 3.05) is 12.2 Å². The van der Waals surface area contributed by atoms with Crippen LogP contribution in [0.15, 0.2) is 66.2 Å². The summed E-state index contributed by atoms with van der Waals surface area (Å²) in [5, 5.41) is 2.05. The monoisotopic (exact) mass is 583 g/mol. The highest BCUT2D eigenvalue weighted by molar-refractivity contribution is 5.88. The summed E-state index contributed by atoms with van der Waals surface area (Å²) in [5.41, 5.74) is 2.58. The zero-order chi connectivity index (χ0) is 30.1. The molecule has 2 aromatic rings. The molecule has 7 rings (SSSR count). The van der Waals surface area contributed by atoms with E-state index in [0.29, 0.717) is 17.8 Å². The van der Waals surface area contributed by atoms with Crippen LogP contribution >= 0.6 is 0 Å². The number of hydrogen-bond donors (Lipinski definition) is 0. The van der Waals surface area contributed by atoms with Gasteiger partial charge in [-0.1, -0.05) is 55.8 Å². The van der Waals surface area contributed by atoms with Gasteiger partial charge in [-0.2, -0.15) is 0 Å². The fraction of sp³-hybridized carbons (Fsp3) is 0.568. The third kappa shape index (κ3) is 4.08. The molecule has 0 unspecified atom stereocenters. The van der Waals surface area contributed by atoms with Crippen molar-refractivity contribution in [1.29, 1.82) is 0 Å². The largest absolute Gasteiger partial charge is 0.497 e. The summed E-state index contributed by atoms with van der Waals surface area (Å²) < 4.78 is 11.2. The summed E-state index contributed by atoms with van der Waals surface area (Å²) in [5.74, 6) is 2.28. The van der Waals surface area contributed by atoms with Gasteiger partial charge in [0, 0.05) is 24.7 Å². The molecule has 1 heterocycles. The first kappa shape index (κ1) is 28.6.